The fourth-order valence-corrected chi connectivity index (χ4v) is 2.08. The summed E-state index contributed by atoms with van der Waals surface area (Å²) < 4.78 is 10.8. The normalized spacial score (nSPS) is 11.5. The van der Waals surface area contributed by atoms with Crippen molar-refractivity contribution in [1.29, 1.82) is 0 Å². The zero-order valence-corrected chi connectivity index (χ0v) is 18.6. The largest absolute Gasteiger partial charge is 0.493 e. The molecular formula is C17H30IN3O2S. The van der Waals surface area contributed by atoms with Crippen molar-refractivity contribution in [3.8, 4) is 11.5 Å². The molecule has 0 amide bonds. The van der Waals surface area contributed by atoms with Crippen LogP contribution in [0.4, 0.5) is 0 Å². The van der Waals surface area contributed by atoms with Gasteiger partial charge in [-0.1, -0.05) is 6.07 Å². The molecule has 7 heteroatoms. The van der Waals surface area contributed by atoms with Gasteiger partial charge in [0.2, 0.25) is 0 Å². The van der Waals surface area contributed by atoms with E-state index >= 15 is 0 Å². The monoisotopic (exact) mass is 467 g/mol. The van der Waals surface area contributed by atoms with E-state index in [1.807, 2.05) is 30.0 Å². The molecule has 0 bridgehead atoms. The van der Waals surface area contributed by atoms with Gasteiger partial charge in [-0.3, -0.25) is 0 Å². The number of benzene rings is 1. The molecule has 138 valence electrons. The molecule has 0 heterocycles. The van der Waals surface area contributed by atoms with Gasteiger partial charge in [0, 0.05) is 17.8 Å². The quantitative estimate of drug-likeness (QED) is 0.348. The number of halogens is 1. The van der Waals surface area contributed by atoms with Gasteiger partial charge < -0.3 is 20.1 Å². The minimum absolute atomic E-state index is 0. The average Bonchev–Trinajstić information content (AvgIpc) is 2.57. The maximum absolute atomic E-state index is 5.33. The van der Waals surface area contributed by atoms with Crippen LogP contribution in [0.3, 0.4) is 0 Å². The Morgan fingerprint density at radius 3 is 2.38 bits per heavy atom. The van der Waals surface area contributed by atoms with Crippen LogP contribution >= 0.6 is 35.7 Å². The number of aliphatic imine (C=N–C) groups is 1. The summed E-state index contributed by atoms with van der Waals surface area (Å²) in [5.41, 5.74) is 1.07. The van der Waals surface area contributed by atoms with Crippen LogP contribution in [0.25, 0.3) is 0 Å². The topological polar surface area (TPSA) is 54.9 Å². The molecule has 0 saturated heterocycles. The summed E-state index contributed by atoms with van der Waals surface area (Å²) in [6.45, 7) is 8.75. The van der Waals surface area contributed by atoms with Crippen LogP contribution in [0.5, 0.6) is 11.5 Å². The van der Waals surface area contributed by atoms with Crippen molar-refractivity contribution < 1.29 is 9.47 Å². The SMILES string of the molecule is CCNC(=NCc1ccc(OC)c(OC)c1)NCC(C)(C)SC.I. The summed E-state index contributed by atoms with van der Waals surface area (Å²) in [4.78, 5) is 4.64. The number of guanidine groups is 1. The van der Waals surface area contributed by atoms with Crippen LogP contribution in [-0.4, -0.2) is 44.3 Å². The van der Waals surface area contributed by atoms with Crippen LogP contribution in [0.15, 0.2) is 23.2 Å². The average molecular weight is 467 g/mol. The molecule has 0 saturated carbocycles. The maximum Gasteiger partial charge on any atom is 0.191 e. The Hall–Kier alpha value is -0.830. The van der Waals surface area contributed by atoms with Crippen molar-refractivity contribution in [3.05, 3.63) is 23.8 Å². The Bertz CT molecular complexity index is 525. The smallest absolute Gasteiger partial charge is 0.191 e. The Labute approximate surface area is 167 Å². The molecule has 0 unspecified atom stereocenters. The molecule has 0 atom stereocenters. The van der Waals surface area contributed by atoms with E-state index in [2.05, 4.69) is 42.7 Å². The lowest BCUT2D eigenvalue weighted by Gasteiger charge is -2.23. The summed E-state index contributed by atoms with van der Waals surface area (Å²) in [5.74, 6) is 2.28. The highest BCUT2D eigenvalue weighted by Gasteiger charge is 2.16. The predicted octanol–water partition coefficient (Wildman–Crippen LogP) is 3.52. The molecule has 2 N–H and O–H groups in total. The van der Waals surface area contributed by atoms with E-state index in [-0.39, 0.29) is 28.7 Å². The van der Waals surface area contributed by atoms with Gasteiger partial charge >= 0.3 is 0 Å². The third kappa shape index (κ3) is 7.83. The molecule has 0 radical (unpaired) electrons. The molecule has 0 fully saturated rings. The molecule has 0 spiro atoms. The molecule has 1 aromatic carbocycles. The second kappa shape index (κ2) is 11.7. The summed E-state index contributed by atoms with van der Waals surface area (Å²) in [6.07, 6.45) is 2.12. The molecule has 5 nitrogen and oxygen atoms in total. The second-order valence-electron chi connectivity index (χ2n) is 5.70. The van der Waals surface area contributed by atoms with Gasteiger partial charge in [0.25, 0.3) is 0 Å². The zero-order valence-electron chi connectivity index (χ0n) is 15.4. The van der Waals surface area contributed by atoms with Crippen molar-refractivity contribution in [2.45, 2.75) is 32.1 Å². The lowest BCUT2D eigenvalue weighted by atomic mass is 10.2. The van der Waals surface area contributed by atoms with Gasteiger partial charge in [-0.05, 0) is 44.7 Å². The van der Waals surface area contributed by atoms with E-state index < -0.39 is 0 Å². The van der Waals surface area contributed by atoms with Crippen molar-refractivity contribution in [2.24, 2.45) is 4.99 Å². The Morgan fingerprint density at radius 2 is 1.83 bits per heavy atom. The number of hydrogen-bond acceptors (Lipinski definition) is 4. The van der Waals surface area contributed by atoms with Crippen LogP contribution in [0.2, 0.25) is 0 Å². The lowest BCUT2D eigenvalue weighted by Crippen LogP contribution is -2.43. The zero-order chi connectivity index (χ0) is 17.3. The summed E-state index contributed by atoms with van der Waals surface area (Å²) >= 11 is 1.83. The summed E-state index contributed by atoms with van der Waals surface area (Å²) in [7, 11) is 3.28. The summed E-state index contributed by atoms with van der Waals surface area (Å²) in [6, 6.07) is 5.86. The number of rotatable bonds is 8. The molecule has 0 aromatic heterocycles. The molecule has 1 rings (SSSR count). The van der Waals surface area contributed by atoms with Crippen LogP contribution in [0, 0.1) is 0 Å². The highest BCUT2D eigenvalue weighted by atomic mass is 127. The van der Waals surface area contributed by atoms with Crippen LogP contribution in [-0.2, 0) is 6.54 Å². The molecule has 0 aliphatic rings. The van der Waals surface area contributed by atoms with Gasteiger partial charge in [-0.25, -0.2) is 4.99 Å². The first-order chi connectivity index (χ1) is 11.0. The number of methoxy groups -OCH3 is 2. The standard InChI is InChI=1S/C17H29N3O2S.HI/c1-7-18-16(20-12-17(2,3)23-6)19-11-13-8-9-14(21-4)15(10-13)22-5;/h8-10H,7,11-12H2,1-6H3,(H2,18,19,20);1H. The Morgan fingerprint density at radius 1 is 1.17 bits per heavy atom. The minimum atomic E-state index is 0. The Kier molecular flexibility index (Phi) is 11.3. The van der Waals surface area contributed by atoms with Gasteiger partial charge in [0.05, 0.1) is 20.8 Å². The van der Waals surface area contributed by atoms with Crippen LogP contribution < -0.4 is 20.1 Å². The number of ether oxygens (including phenoxy) is 2. The van der Waals surface area contributed by atoms with E-state index in [1.54, 1.807) is 14.2 Å². The van der Waals surface area contributed by atoms with Crippen molar-refractivity contribution in [2.75, 3.05) is 33.6 Å². The van der Waals surface area contributed by atoms with Gasteiger partial charge in [0.1, 0.15) is 0 Å². The van der Waals surface area contributed by atoms with Gasteiger partial charge in [0.15, 0.2) is 17.5 Å². The molecule has 1 aromatic rings. The van der Waals surface area contributed by atoms with E-state index in [0.29, 0.717) is 6.54 Å². The van der Waals surface area contributed by atoms with E-state index in [0.717, 1.165) is 36.1 Å². The van der Waals surface area contributed by atoms with Crippen molar-refractivity contribution >= 4 is 41.7 Å². The first kappa shape index (κ1) is 23.2. The van der Waals surface area contributed by atoms with Crippen molar-refractivity contribution in [3.63, 3.8) is 0 Å². The molecular weight excluding hydrogens is 437 g/mol. The van der Waals surface area contributed by atoms with E-state index in [4.69, 9.17) is 9.47 Å². The molecule has 24 heavy (non-hydrogen) atoms. The fraction of sp³-hybridized carbons (Fsp3) is 0.588. The number of nitrogens with zero attached hydrogens (tertiary/aromatic N) is 1. The number of hydrogen-bond donors (Lipinski definition) is 2. The molecule has 0 aliphatic carbocycles. The first-order valence-electron chi connectivity index (χ1n) is 7.74. The minimum Gasteiger partial charge on any atom is -0.493 e. The number of nitrogens with one attached hydrogen (secondary N) is 2. The van der Waals surface area contributed by atoms with E-state index in [9.17, 15) is 0 Å². The maximum atomic E-state index is 5.33. The summed E-state index contributed by atoms with van der Waals surface area (Å²) in [5, 5.41) is 6.67. The number of thioether (sulfide) groups is 1. The third-order valence-corrected chi connectivity index (χ3v) is 4.70. The van der Waals surface area contributed by atoms with Gasteiger partial charge in [-0.2, -0.15) is 11.8 Å². The van der Waals surface area contributed by atoms with E-state index in [1.165, 1.54) is 0 Å². The highest BCUT2D eigenvalue weighted by Crippen LogP contribution is 2.27. The third-order valence-electron chi connectivity index (χ3n) is 3.45. The first-order valence-corrected chi connectivity index (χ1v) is 8.96. The predicted molar refractivity (Wildman–Crippen MR) is 115 cm³/mol. The Balaban J connectivity index is 0.00000529. The molecule has 0 aliphatic heterocycles. The van der Waals surface area contributed by atoms with Crippen LogP contribution in [0.1, 0.15) is 26.3 Å². The van der Waals surface area contributed by atoms with Gasteiger partial charge in [-0.15, -0.1) is 24.0 Å². The fourth-order valence-electron chi connectivity index (χ4n) is 1.86. The second-order valence-corrected chi connectivity index (χ2v) is 7.22. The van der Waals surface area contributed by atoms with Crippen molar-refractivity contribution in [1.82, 2.24) is 10.6 Å². The highest BCUT2D eigenvalue weighted by molar-refractivity contribution is 14.0. The lowest BCUT2D eigenvalue weighted by molar-refractivity contribution is 0.354.